The number of nitrogens with zero attached hydrogens (tertiary/aromatic N) is 4. The van der Waals surface area contributed by atoms with Crippen molar-refractivity contribution >= 4 is 17.3 Å². The van der Waals surface area contributed by atoms with Crippen LogP contribution in [0.3, 0.4) is 0 Å². The van der Waals surface area contributed by atoms with Crippen molar-refractivity contribution in [1.82, 2.24) is 9.55 Å². The molecule has 1 aromatic carbocycles. The Bertz CT molecular complexity index is 919. The fourth-order valence-electron chi connectivity index (χ4n) is 3.90. The van der Waals surface area contributed by atoms with Crippen LogP contribution >= 0.6 is 0 Å². The molecule has 4 N–H and O–H groups in total. The van der Waals surface area contributed by atoms with E-state index in [2.05, 4.69) is 22.0 Å². The van der Waals surface area contributed by atoms with E-state index in [0.717, 1.165) is 50.0 Å². The van der Waals surface area contributed by atoms with Gasteiger partial charge in [0.15, 0.2) is 0 Å². The van der Waals surface area contributed by atoms with Gasteiger partial charge in [-0.15, -0.1) is 0 Å². The number of hydrogen-bond acceptors (Lipinski definition) is 6. The minimum absolute atomic E-state index is 0.131. The first-order valence-electron chi connectivity index (χ1n) is 9.60. The molecule has 2 aliphatic rings. The molecule has 7 heteroatoms. The van der Waals surface area contributed by atoms with Crippen molar-refractivity contribution in [1.29, 1.82) is 0 Å². The van der Waals surface area contributed by atoms with Gasteiger partial charge in [-0.1, -0.05) is 24.3 Å². The van der Waals surface area contributed by atoms with Crippen LogP contribution in [-0.4, -0.2) is 34.4 Å². The Kier molecular flexibility index (Phi) is 5.05. The number of anilines is 1. The first kappa shape index (κ1) is 17.9. The lowest BCUT2D eigenvalue weighted by Gasteiger charge is -2.32. The highest BCUT2D eigenvalue weighted by Gasteiger charge is 2.21. The number of aliphatic imine (C=N–C) groups is 1. The van der Waals surface area contributed by atoms with Crippen molar-refractivity contribution in [3.05, 3.63) is 51.9 Å². The molecule has 3 heterocycles. The molecule has 0 radical (unpaired) electrons. The molecule has 27 heavy (non-hydrogen) atoms. The van der Waals surface area contributed by atoms with Crippen molar-refractivity contribution in [2.24, 2.45) is 16.5 Å². The Morgan fingerprint density at radius 2 is 2.00 bits per heavy atom. The van der Waals surface area contributed by atoms with Gasteiger partial charge in [0, 0.05) is 56.8 Å². The summed E-state index contributed by atoms with van der Waals surface area (Å²) < 4.78 is 1.66. The number of benzene rings is 1. The molecule has 142 valence electrons. The largest absolute Gasteiger partial charge is 0.355 e. The lowest BCUT2D eigenvalue weighted by molar-refractivity contribution is 0.501. The third-order valence-corrected chi connectivity index (χ3v) is 5.39. The van der Waals surface area contributed by atoms with Crippen LogP contribution in [0.15, 0.2) is 40.1 Å². The number of rotatable bonds is 4. The van der Waals surface area contributed by atoms with Crippen molar-refractivity contribution in [3.8, 4) is 0 Å². The molecule has 2 aliphatic heterocycles. The summed E-state index contributed by atoms with van der Waals surface area (Å²) in [6.07, 6.45) is 3.55. The molecular formula is C20H26N6O. The molecule has 4 rings (SSSR count). The smallest absolute Gasteiger partial charge is 0.351 e. The maximum Gasteiger partial charge on any atom is 0.351 e. The van der Waals surface area contributed by atoms with E-state index in [1.165, 1.54) is 5.56 Å². The Morgan fingerprint density at radius 1 is 1.19 bits per heavy atom. The third-order valence-electron chi connectivity index (χ3n) is 5.39. The molecule has 1 unspecified atom stereocenters. The fraction of sp³-hybridized carbons (Fsp3) is 0.450. The summed E-state index contributed by atoms with van der Waals surface area (Å²) in [6.45, 7) is 2.74. The normalized spacial score (nSPS) is 19.6. The van der Waals surface area contributed by atoms with Crippen LogP contribution in [0.4, 0.5) is 11.6 Å². The van der Waals surface area contributed by atoms with Crippen molar-refractivity contribution in [2.45, 2.75) is 44.8 Å². The van der Waals surface area contributed by atoms with Gasteiger partial charge in [-0.3, -0.25) is 4.57 Å². The Morgan fingerprint density at radius 3 is 2.78 bits per heavy atom. The third kappa shape index (κ3) is 3.79. The van der Waals surface area contributed by atoms with Crippen LogP contribution in [0, 0.1) is 0 Å². The zero-order chi connectivity index (χ0) is 18.8. The summed E-state index contributed by atoms with van der Waals surface area (Å²) >= 11 is 0. The average Bonchev–Trinajstić information content (AvgIpc) is 2.68. The second-order valence-corrected chi connectivity index (χ2v) is 7.33. The van der Waals surface area contributed by atoms with E-state index < -0.39 is 0 Å². The van der Waals surface area contributed by atoms with E-state index in [9.17, 15) is 4.79 Å². The minimum Gasteiger partial charge on any atom is -0.355 e. The van der Waals surface area contributed by atoms with E-state index in [1.54, 1.807) is 4.57 Å². The van der Waals surface area contributed by atoms with Crippen LogP contribution in [0.5, 0.6) is 0 Å². The highest BCUT2D eigenvalue weighted by Crippen LogP contribution is 2.24. The maximum absolute atomic E-state index is 12.5. The fourth-order valence-corrected chi connectivity index (χ4v) is 3.90. The quantitative estimate of drug-likeness (QED) is 0.850. The van der Waals surface area contributed by atoms with E-state index >= 15 is 0 Å². The summed E-state index contributed by atoms with van der Waals surface area (Å²) in [6, 6.07) is 10.2. The van der Waals surface area contributed by atoms with E-state index in [0.29, 0.717) is 24.7 Å². The Hall–Kier alpha value is -2.51. The molecular weight excluding hydrogens is 340 g/mol. The monoisotopic (exact) mass is 366 g/mol. The SMILES string of the molecule is NCc1ccccc1CC1=Nc2cc(N3CCCC(N)C3)nc(=O)n2CC1. The predicted molar refractivity (Wildman–Crippen MR) is 108 cm³/mol. The van der Waals surface area contributed by atoms with Crippen LogP contribution in [0.2, 0.25) is 0 Å². The van der Waals surface area contributed by atoms with Crippen molar-refractivity contribution < 1.29 is 0 Å². The number of piperidine rings is 1. The standard InChI is InChI=1S/C20H26N6O/c21-12-15-5-2-1-4-14(15)10-17-7-9-26-19(23-17)11-18(24-20(26)27)25-8-3-6-16(22)13-25/h1-2,4-5,11,16H,3,6-10,12-13,21-22H2. The predicted octanol–water partition coefficient (Wildman–Crippen LogP) is 1.35. The molecule has 0 spiro atoms. The van der Waals surface area contributed by atoms with Gasteiger partial charge < -0.3 is 16.4 Å². The Balaban J connectivity index is 1.63. The molecule has 1 aromatic heterocycles. The average molecular weight is 366 g/mol. The molecule has 0 saturated carbocycles. The van der Waals surface area contributed by atoms with Crippen LogP contribution in [-0.2, 0) is 19.5 Å². The van der Waals surface area contributed by atoms with Gasteiger partial charge in [-0.05, 0) is 24.0 Å². The number of hydrogen-bond donors (Lipinski definition) is 2. The topological polar surface area (TPSA) is 103 Å². The number of aromatic nitrogens is 2. The minimum atomic E-state index is -0.230. The highest BCUT2D eigenvalue weighted by atomic mass is 16.1. The summed E-state index contributed by atoms with van der Waals surface area (Å²) in [5.41, 5.74) is 15.1. The van der Waals surface area contributed by atoms with Crippen molar-refractivity contribution in [3.63, 3.8) is 0 Å². The summed E-state index contributed by atoms with van der Waals surface area (Å²) in [4.78, 5) is 23.6. The molecule has 1 atom stereocenters. The van der Waals surface area contributed by atoms with Crippen LogP contribution < -0.4 is 22.1 Å². The zero-order valence-corrected chi connectivity index (χ0v) is 15.5. The van der Waals surface area contributed by atoms with E-state index in [-0.39, 0.29) is 11.7 Å². The van der Waals surface area contributed by atoms with Gasteiger partial charge in [0.2, 0.25) is 0 Å². The Labute approximate surface area is 158 Å². The van der Waals surface area contributed by atoms with Gasteiger partial charge in [0.05, 0.1) is 0 Å². The molecule has 2 aromatic rings. The lowest BCUT2D eigenvalue weighted by atomic mass is 10.00. The molecule has 0 bridgehead atoms. The first-order chi connectivity index (χ1) is 13.1. The summed E-state index contributed by atoms with van der Waals surface area (Å²) in [5.74, 6) is 1.38. The van der Waals surface area contributed by atoms with Crippen molar-refractivity contribution in [2.75, 3.05) is 18.0 Å². The van der Waals surface area contributed by atoms with Crippen LogP contribution in [0.25, 0.3) is 0 Å². The number of fused-ring (bicyclic) bond motifs is 1. The molecule has 1 saturated heterocycles. The summed E-state index contributed by atoms with van der Waals surface area (Å²) in [5, 5.41) is 0. The van der Waals surface area contributed by atoms with Gasteiger partial charge in [-0.25, -0.2) is 9.79 Å². The van der Waals surface area contributed by atoms with Gasteiger partial charge in [0.1, 0.15) is 11.6 Å². The molecule has 1 fully saturated rings. The summed E-state index contributed by atoms with van der Waals surface area (Å²) in [7, 11) is 0. The zero-order valence-electron chi connectivity index (χ0n) is 15.5. The first-order valence-corrected chi connectivity index (χ1v) is 9.60. The number of nitrogens with two attached hydrogens (primary N) is 2. The maximum atomic E-state index is 12.5. The van der Waals surface area contributed by atoms with E-state index in [1.807, 2.05) is 18.2 Å². The second-order valence-electron chi connectivity index (χ2n) is 7.33. The van der Waals surface area contributed by atoms with Gasteiger partial charge in [-0.2, -0.15) is 4.98 Å². The second kappa shape index (κ2) is 7.62. The van der Waals surface area contributed by atoms with Crippen LogP contribution in [0.1, 0.15) is 30.4 Å². The van der Waals surface area contributed by atoms with Gasteiger partial charge in [0.25, 0.3) is 0 Å². The molecule has 0 aliphatic carbocycles. The molecule has 0 amide bonds. The molecule has 7 nitrogen and oxygen atoms in total. The van der Waals surface area contributed by atoms with Gasteiger partial charge >= 0.3 is 5.69 Å². The highest BCUT2D eigenvalue weighted by molar-refractivity contribution is 5.89. The van der Waals surface area contributed by atoms with E-state index in [4.69, 9.17) is 16.5 Å². The lowest BCUT2D eigenvalue weighted by Crippen LogP contribution is -2.44.